The van der Waals surface area contributed by atoms with Crippen LogP contribution in [0.25, 0.3) is 10.8 Å². The first-order valence-corrected chi connectivity index (χ1v) is 7.31. The third-order valence-corrected chi connectivity index (χ3v) is 3.70. The molecular formula is C18H13NO6. The fourth-order valence-corrected chi connectivity index (χ4v) is 2.45. The lowest BCUT2D eigenvalue weighted by Gasteiger charge is -2.09. The van der Waals surface area contributed by atoms with Gasteiger partial charge in [-0.15, -0.1) is 0 Å². The number of hydrogen-bond acceptors (Lipinski definition) is 6. The van der Waals surface area contributed by atoms with Crippen LogP contribution in [0.2, 0.25) is 0 Å². The molecule has 7 nitrogen and oxygen atoms in total. The van der Waals surface area contributed by atoms with Gasteiger partial charge in [0.2, 0.25) is 11.5 Å². The van der Waals surface area contributed by atoms with Gasteiger partial charge in [-0.05, 0) is 17.5 Å². The predicted octanol–water partition coefficient (Wildman–Crippen LogP) is 3.42. The highest BCUT2D eigenvalue weighted by Crippen LogP contribution is 2.36. The van der Waals surface area contributed by atoms with E-state index in [2.05, 4.69) is 0 Å². The first kappa shape index (κ1) is 16.3. The Hall–Kier alpha value is -3.61. The Bertz CT molecular complexity index is 977. The van der Waals surface area contributed by atoms with Gasteiger partial charge in [-0.2, -0.15) is 0 Å². The third kappa shape index (κ3) is 3.20. The van der Waals surface area contributed by atoms with Crippen LogP contribution in [-0.4, -0.2) is 27.5 Å². The van der Waals surface area contributed by atoms with Crippen molar-refractivity contribution in [3.8, 4) is 17.2 Å². The summed E-state index contributed by atoms with van der Waals surface area (Å²) in [4.78, 5) is 22.2. The molecular weight excluding hydrogens is 326 g/mol. The molecule has 3 rings (SSSR count). The maximum Gasteiger partial charge on any atom is 0.315 e. The molecule has 3 aromatic rings. The quantitative estimate of drug-likeness (QED) is 0.319. The van der Waals surface area contributed by atoms with E-state index in [1.807, 2.05) is 30.3 Å². The smallest absolute Gasteiger partial charge is 0.315 e. The summed E-state index contributed by atoms with van der Waals surface area (Å²) < 4.78 is 5.54. The molecule has 0 atom stereocenters. The van der Waals surface area contributed by atoms with E-state index in [1.165, 1.54) is 0 Å². The molecule has 0 amide bonds. The van der Waals surface area contributed by atoms with Crippen LogP contribution < -0.4 is 4.74 Å². The number of rotatable bonds is 5. The van der Waals surface area contributed by atoms with Crippen molar-refractivity contribution >= 4 is 22.2 Å². The summed E-state index contributed by atoms with van der Waals surface area (Å²) in [6.45, 7) is -0.366. The van der Waals surface area contributed by atoms with E-state index in [0.29, 0.717) is 5.75 Å². The van der Waals surface area contributed by atoms with Crippen molar-refractivity contribution in [2.45, 2.75) is 0 Å². The zero-order chi connectivity index (χ0) is 18.0. The van der Waals surface area contributed by atoms with Crippen LogP contribution in [0.5, 0.6) is 17.2 Å². The summed E-state index contributed by atoms with van der Waals surface area (Å²) >= 11 is 0. The molecule has 2 N–H and O–H groups in total. The number of phenolic OH excluding ortho intramolecular Hbond substituents is 2. The number of Topliss-reactive ketones (excluding diaryl/α,β-unsaturated/α-hetero) is 1. The van der Waals surface area contributed by atoms with Crippen LogP contribution in [0, 0.1) is 10.1 Å². The summed E-state index contributed by atoms with van der Waals surface area (Å²) in [6.07, 6.45) is 0. The SMILES string of the molecule is O=C(COc1cccc2ccccc12)c1cc(O)c(O)c([N+](=O)[O-])c1. The minimum atomic E-state index is -0.878. The van der Waals surface area contributed by atoms with Gasteiger partial charge in [0.15, 0.2) is 12.4 Å². The molecule has 0 aliphatic rings. The lowest BCUT2D eigenvalue weighted by atomic mass is 10.1. The molecule has 25 heavy (non-hydrogen) atoms. The van der Waals surface area contributed by atoms with Crippen LogP contribution in [0.3, 0.4) is 0 Å². The van der Waals surface area contributed by atoms with Crippen LogP contribution in [0.4, 0.5) is 5.69 Å². The number of ketones is 1. The van der Waals surface area contributed by atoms with Crippen molar-refractivity contribution in [2.75, 3.05) is 6.61 Å². The highest BCUT2D eigenvalue weighted by Gasteiger charge is 2.21. The molecule has 0 unspecified atom stereocenters. The maximum absolute atomic E-state index is 12.3. The minimum absolute atomic E-state index is 0.123. The molecule has 7 heteroatoms. The Morgan fingerprint density at radius 1 is 1.08 bits per heavy atom. The second-order valence-corrected chi connectivity index (χ2v) is 5.31. The normalized spacial score (nSPS) is 10.6. The van der Waals surface area contributed by atoms with Crippen molar-refractivity contribution < 1.29 is 24.7 Å². The largest absolute Gasteiger partial charge is 0.504 e. The molecule has 0 aromatic heterocycles. The molecule has 0 aliphatic heterocycles. The van der Waals surface area contributed by atoms with Crippen LogP contribution >= 0.6 is 0 Å². The van der Waals surface area contributed by atoms with Gasteiger partial charge < -0.3 is 14.9 Å². The number of fused-ring (bicyclic) bond motifs is 1. The van der Waals surface area contributed by atoms with Crippen molar-refractivity contribution in [1.82, 2.24) is 0 Å². The summed E-state index contributed by atoms with van der Waals surface area (Å²) in [6, 6.07) is 14.8. The molecule has 0 radical (unpaired) electrons. The fraction of sp³-hybridized carbons (Fsp3) is 0.0556. The first-order valence-electron chi connectivity index (χ1n) is 7.31. The third-order valence-electron chi connectivity index (χ3n) is 3.70. The lowest BCUT2D eigenvalue weighted by Crippen LogP contribution is -2.12. The average molecular weight is 339 g/mol. The van der Waals surface area contributed by atoms with E-state index in [0.717, 1.165) is 22.9 Å². The number of carbonyl (C=O) groups excluding carboxylic acids is 1. The number of phenols is 2. The number of aromatic hydroxyl groups is 2. The summed E-state index contributed by atoms with van der Waals surface area (Å²) in [5, 5.41) is 31.7. The molecule has 0 spiro atoms. The first-order chi connectivity index (χ1) is 12.0. The summed E-state index contributed by atoms with van der Waals surface area (Å²) in [7, 11) is 0. The number of nitro benzene ring substituents is 1. The number of carbonyl (C=O) groups is 1. The highest BCUT2D eigenvalue weighted by atomic mass is 16.6. The number of nitrogens with zero attached hydrogens (tertiary/aromatic N) is 1. The Morgan fingerprint density at radius 2 is 1.80 bits per heavy atom. The maximum atomic E-state index is 12.3. The molecule has 0 fully saturated rings. The predicted molar refractivity (Wildman–Crippen MR) is 90.2 cm³/mol. The zero-order valence-corrected chi connectivity index (χ0v) is 12.9. The van der Waals surface area contributed by atoms with Gasteiger partial charge in [0, 0.05) is 17.0 Å². The molecule has 0 bridgehead atoms. The van der Waals surface area contributed by atoms with Crippen LogP contribution in [0.1, 0.15) is 10.4 Å². The van der Waals surface area contributed by atoms with Gasteiger partial charge in [0.25, 0.3) is 0 Å². The van der Waals surface area contributed by atoms with Crippen LogP contribution in [0.15, 0.2) is 54.6 Å². The Kier molecular flexibility index (Phi) is 4.21. The highest BCUT2D eigenvalue weighted by molar-refractivity contribution is 5.99. The second-order valence-electron chi connectivity index (χ2n) is 5.31. The number of ether oxygens (including phenoxy) is 1. The van der Waals surface area contributed by atoms with Crippen molar-refractivity contribution in [3.63, 3.8) is 0 Å². The Morgan fingerprint density at radius 3 is 2.56 bits per heavy atom. The second kappa shape index (κ2) is 6.48. The number of hydrogen-bond donors (Lipinski definition) is 2. The molecule has 0 aliphatic carbocycles. The van der Waals surface area contributed by atoms with E-state index in [1.54, 1.807) is 12.1 Å². The monoisotopic (exact) mass is 339 g/mol. The summed E-state index contributed by atoms with van der Waals surface area (Å²) in [5.74, 6) is -1.67. The van der Waals surface area contributed by atoms with E-state index in [-0.39, 0.29) is 12.2 Å². The van der Waals surface area contributed by atoms with E-state index in [9.17, 15) is 25.1 Å². The van der Waals surface area contributed by atoms with Crippen LogP contribution in [-0.2, 0) is 0 Å². The van der Waals surface area contributed by atoms with Crippen molar-refractivity contribution in [1.29, 1.82) is 0 Å². The molecule has 3 aromatic carbocycles. The van der Waals surface area contributed by atoms with Gasteiger partial charge in [0.1, 0.15) is 5.75 Å². The van der Waals surface area contributed by atoms with Crippen molar-refractivity contribution in [2.24, 2.45) is 0 Å². The van der Waals surface area contributed by atoms with E-state index < -0.39 is 27.9 Å². The van der Waals surface area contributed by atoms with Gasteiger partial charge >= 0.3 is 5.69 Å². The Labute approximate surface area is 141 Å². The molecule has 0 heterocycles. The average Bonchev–Trinajstić information content (AvgIpc) is 2.61. The van der Waals surface area contributed by atoms with E-state index in [4.69, 9.17) is 4.74 Å². The van der Waals surface area contributed by atoms with Gasteiger partial charge in [0.05, 0.1) is 4.92 Å². The molecule has 126 valence electrons. The summed E-state index contributed by atoms with van der Waals surface area (Å²) in [5.41, 5.74) is -0.865. The minimum Gasteiger partial charge on any atom is -0.504 e. The Balaban J connectivity index is 1.84. The van der Waals surface area contributed by atoms with Gasteiger partial charge in [-0.3, -0.25) is 14.9 Å². The topological polar surface area (TPSA) is 110 Å². The lowest BCUT2D eigenvalue weighted by molar-refractivity contribution is -0.386. The van der Waals surface area contributed by atoms with E-state index >= 15 is 0 Å². The molecule has 0 saturated carbocycles. The fourth-order valence-electron chi connectivity index (χ4n) is 2.45. The molecule has 0 saturated heterocycles. The number of benzene rings is 3. The number of nitro groups is 1. The van der Waals surface area contributed by atoms with Crippen molar-refractivity contribution in [3.05, 3.63) is 70.3 Å². The van der Waals surface area contributed by atoms with Gasteiger partial charge in [-0.25, -0.2) is 0 Å². The van der Waals surface area contributed by atoms with Gasteiger partial charge in [-0.1, -0.05) is 36.4 Å². The zero-order valence-electron chi connectivity index (χ0n) is 12.9. The standard InChI is InChI=1S/C18H13NO6/c20-15-9-12(8-14(18(15)22)19(23)24)16(21)10-25-17-7-3-5-11-4-1-2-6-13(11)17/h1-9,20,22H,10H2.